The van der Waals surface area contributed by atoms with E-state index in [-0.39, 0.29) is 29.4 Å². The number of rotatable bonds is 7. The van der Waals surface area contributed by atoms with Crippen LogP contribution in [0.2, 0.25) is 0 Å². The van der Waals surface area contributed by atoms with E-state index in [0.29, 0.717) is 23.6 Å². The number of nitrogens with one attached hydrogen (secondary N) is 1. The molecule has 2 heterocycles. The number of fused-ring (bicyclic) bond motifs is 1. The van der Waals surface area contributed by atoms with Gasteiger partial charge in [-0.15, -0.1) is 23.4 Å². The molecule has 0 aromatic carbocycles. The number of β-lactam (4-membered cyclic amide) rings is 1. The number of nitrogens with zero attached hydrogens (tertiary/aromatic N) is 1. The van der Waals surface area contributed by atoms with E-state index in [2.05, 4.69) is 5.32 Å². The first-order valence-corrected chi connectivity index (χ1v) is 8.33. The van der Waals surface area contributed by atoms with Crippen molar-refractivity contribution in [2.75, 3.05) is 18.2 Å². The minimum absolute atomic E-state index is 0.000528. The van der Waals surface area contributed by atoms with E-state index >= 15 is 0 Å². The van der Waals surface area contributed by atoms with E-state index < -0.39 is 18.0 Å². The van der Waals surface area contributed by atoms with Crippen molar-refractivity contribution in [1.82, 2.24) is 10.2 Å². The van der Waals surface area contributed by atoms with E-state index in [0.717, 1.165) is 0 Å². The van der Waals surface area contributed by atoms with Crippen LogP contribution >= 0.6 is 23.4 Å². The van der Waals surface area contributed by atoms with Gasteiger partial charge in [0, 0.05) is 23.6 Å². The van der Waals surface area contributed by atoms with Crippen LogP contribution in [0, 0.1) is 5.92 Å². The van der Waals surface area contributed by atoms with Crippen LogP contribution in [0.3, 0.4) is 0 Å². The maximum absolute atomic E-state index is 12.0. The minimum Gasteiger partial charge on any atom is -0.477 e. The topological polar surface area (TPSA) is 107 Å². The number of carboxylic acids is 1. The van der Waals surface area contributed by atoms with Gasteiger partial charge in [0.1, 0.15) is 11.6 Å². The smallest absolute Gasteiger partial charge is 0.353 e. The number of aliphatic carboxylic acids is 1. The summed E-state index contributed by atoms with van der Waals surface area (Å²) in [6.07, 6.45) is -0.368. The van der Waals surface area contributed by atoms with E-state index in [1.54, 1.807) is 0 Å². The Kier molecular flexibility index (Phi) is 5.36. The highest BCUT2D eigenvalue weighted by atomic mass is 35.5. The molecule has 122 valence electrons. The van der Waals surface area contributed by atoms with Crippen LogP contribution in [-0.4, -0.2) is 63.2 Å². The van der Waals surface area contributed by atoms with Crippen molar-refractivity contribution in [3.63, 3.8) is 0 Å². The summed E-state index contributed by atoms with van der Waals surface area (Å²) in [4.78, 5) is 36.3. The number of carboxylic acid groups (broad SMARTS) is 1. The summed E-state index contributed by atoms with van der Waals surface area (Å²) in [6.45, 7) is 1.90. The number of aliphatic hydroxyl groups is 1. The maximum atomic E-state index is 12.0. The summed E-state index contributed by atoms with van der Waals surface area (Å²) >= 11 is 6.66. The predicted octanol–water partition coefficient (Wildman–Crippen LogP) is -0.0177. The normalized spacial score (nSPS) is 24.9. The molecule has 7 nitrogen and oxygen atoms in total. The number of alkyl halides is 1. The summed E-state index contributed by atoms with van der Waals surface area (Å²) in [5, 5.41) is 21.5. The van der Waals surface area contributed by atoms with Crippen molar-refractivity contribution < 1.29 is 24.6 Å². The molecule has 22 heavy (non-hydrogen) atoms. The van der Waals surface area contributed by atoms with Crippen molar-refractivity contribution >= 4 is 41.1 Å². The maximum Gasteiger partial charge on any atom is 0.353 e. The molecule has 2 rings (SSSR count). The first-order valence-electron chi connectivity index (χ1n) is 6.81. The van der Waals surface area contributed by atoms with Crippen molar-refractivity contribution in [2.24, 2.45) is 5.92 Å². The Morgan fingerprint density at radius 2 is 2.23 bits per heavy atom. The molecule has 0 unspecified atom stereocenters. The second-order valence-electron chi connectivity index (χ2n) is 5.16. The molecule has 0 aromatic heterocycles. The van der Waals surface area contributed by atoms with Crippen LogP contribution in [0.1, 0.15) is 13.3 Å². The average molecular weight is 349 g/mol. The highest BCUT2D eigenvalue weighted by Gasteiger charge is 2.56. The third kappa shape index (κ3) is 3.09. The number of hydrogen-bond acceptors (Lipinski definition) is 5. The molecule has 9 heteroatoms. The lowest BCUT2D eigenvalue weighted by Crippen LogP contribution is -2.61. The number of amides is 2. The van der Waals surface area contributed by atoms with Crippen LogP contribution in [0.5, 0.6) is 0 Å². The second kappa shape index (κ2) is 6.89. The van der Waals surface area contributed by atoms with Crippen LogP contribution in [0.15, 0.2) is 10.6 Å². The van der Waals surface area contributed by atoms with Gasteiger partial charge in [-0.05, 0) is 6.92 Å². The zero-order valence-electron chi connectivity index (χ0n) is 11.9. The molecule has 0 radical (unpaired) electrons. The molecule has 3 atom stereocenters. The Bertz CT molecular complexity index is 537. The highest BCUT2D eigenvalue weighted by Crippen LogP contribution is 2.46. The summed E-state index contributed by atoms with van der Waals surface area (Å²) in [6, 6.07) is -0.279. The van der Waals surface area contributed by atoms with Crippen LogP contribution in [0.25, 0.3) is 0 Å². The highest BCUT2D eigenvalue weighted by molar-refractivity contribution is 8.03. The first kappa shape index (κ1) is 17.1. The summed E-state index contributed by atoms with van der Waals surface area (Å²) in [5.41, 5.74) is 0.000528. The van der Waals surface area contributed by atoms with Crippen molar-refractivity contribution in [3.8, 4) is 0 Å². The number of halogens is 1. The Morgan fingerprint density at radius 3 is 2.77 bits per heavy atom. The predicted molar refractivity (Wildman–Crippen MR) is 81.3 cm³/mol. The molecular weight excluding hydrogens is 332 g/mol. The van der Waals surface area contributed by atoms with Gasteiger partial charge in [0.25, 0.3) is 0 Å². The summed E-state index contributed by atoms with van der Waals surface area (Å²) in [7, 11) is 0. The lowest BCUT2D eigenvalue weighted by molar-refractivity contribution is -0.161. The number of aliphatic hydroxyl groups excluding tert-OH is 1. The zero-order chi connectivity index (χ0) is 16.4. The molecule has 2 aliphatic heterocycles. The van der Waals surface area contributed by atoms with E-state index in [1.165, 1.54) is 23.6 Å². The van der Waals surface area contributed by atoms with Crippen LogP contribution in [0.4, 0.5) is 0 Å². The van der Waals surface area contributed by atoms with Gasteiger partial charge in [-0.2, -0.15) is 0 Å². The fraction of sp³-hybridized carbons (Fsp3) is 0.615. The number of hydrogen-bond donors (Lipinski definition) is 3. The van der Waals surface area contributed by atoms with Gasteiger partial charge in [-0.25, -0.2) is 4.79 Å². The Hall–Kier alpha value is -1.25. The molecule has 2 amide bonds. The number of carbonyl (C=O) groups excluding carboxylic acids is 2. The standard InChI is InChI=1S/C13H17ClN2O5S/c1-6(17)10-7-4-8(22-3-2-15-9(18)5-14)11(13(20)21)16(7)12(10)19/h6-7,10,17H,2-5H2,1H3,(H,15,18)(H,20,21)/t6-,7-,10-/m1/s1. The average Bonchev–Trinajstić information content (AvgIpc) is 2.77. The van der Waals surface area contributed by atoms with Gasteiger partial charge < -0.3 is 20.4 Å². The molecule has 3 N–H and O–H groups in total. The SMILES string of the molecule is C[C@@H](O)[C@H]1C(=O)N2C(C(=O)O)=C(SCCNC(=O)CCl)C[C@H]12. The van der Waals surface area contributed by atoms with Gasteiger partial charge in [0.05, 0.1) is 18.1 Å². The Balaban J connectivity index is 2.00. The first-order chi connectivity index (χ1) is 10.4. The molecule has 0 saturated carbocycles. The second-order valence-corrected chi connectivity index (χ2v) is 6.61. The van der Waals surface area contributed by atoms with Gasteiger partial charge in [0.2, 0.25) is 11.8 Å². The quantitative estimate of drug-likeness (QED) is 0.339. The Labute approximate surface area is 136 Å². The minimum atomic E-state index is -1.15. The Morgan fingerprint density at radius 1 is 1.55 bits per heavy atom. The van der Waals surface area contributed by atoms with Gasteiger partial charge in [-0.1, -0.05) is 0 Å². The molecule has 0 bridgehead atoms. The molecule has 0 spiro atoms. The monoisotopic (exact) mass is 348 g/mol. The van der Waals surface area contributed by atoms with Gasteiger partial charge >= 0.3 is 5.97 Å². The fourth-order valence-corrected chi connectivity index (χ4v) is 3.93. The lowest BCUT2D eigenvalue weighted by Gasteiger charge is -2.44. The van der Waals surface area contributed by atoms with E-state index in [1.807, 2.05) is 0 Å². The molecule has 0 aromatic rings. The molecule has 1 saturated heterocycles. The molecule has 0 aliphatic carbocycles. The zero-order valence-corrected chi connectivity index (χ0v) is 13.5. The van der Waals surface area contributed by atoms with Gasteiger partial charge in [-0.3, -0.25) is 9.59 Å². The van der Waals surface area contributed by atoms with Crippen molar-refractivity contribution in [1.29, 1.82) is 0 Å². The van der Waals surface area contributed by atoms with Crippen LogP contribution < -0.4 is 5.32 Å². The van der Waals surface area contributed by atoms with Crippen molar-refractivity contribution in [3.05, 3.63) is 10.6 Å². The fourth-order valence-electron chi connectivity index (χ4n) is 2.77. The van der Waals surface area contributed by atoms with Gasteiger partial charge in [0.15, 0.2) is 0 Å². The number of carbonyl (C=O) groups is 3. The van der Waals surface area contributed by atoms with E-state index in [9.17, 15) is 24.6 Å². The summed E-state index contributed by atoms with van der Waals surface area (Å²) in [5.74, 6) is -1.94. The molecule has 2 aliphatic rings. The number of thioether (sulfide) groups is 1. The summed E-state index contributed by atoms with van der Waals surface area (Å²) < 4.78 is 0. The van der Waals surface area contributed by atoms with Crippen molar-refractivity contribution in [2.45, 2.75) is 25.5 Å². The molecule has 1 fully saturated rings. The third-order valence-corrected chi connectivity index (χ3v) is 5.07. The third-order valence-electron chi connectivity index (χ3n) is 3.71. The van der Waals surface area contributed by atoms with Crippen LogP contribution in [-0.2, 0) is 14.4 Å². The molecular formula is C13H17ClN2O5S. The largest absolute Gasteiger partial charge is 0.477 e. The van der Waals surface area contributed by atoms with E-state index in [4.69, 9.17) is 11.6 Å². The lowest BCUT2D eigenvalue weighted by atomic mass is 9.83.